The molecule has 20 heavy (non-hydrogen) atoms. The van der Waals surface area contributed by atoms with Gasteiger partial charge in [0, 0.05) is 15.6 Å². The van der Waals surface area contributed by atoms with Crippen LogP contribution in [0.1, 0.15) is 24.2 Å². The zero-order valence-corrected chi connectivity index (χ0v) is 13.1. The van der Waals surface area contributed by atoms with Crippen LogP contribution in [0.4, 0.5) is 4.39 Å². The van der Waals surface area contributed by atoms with Gasteiger partial charge < -0.3 is 9.84 Å². The maximum atomic E-state index is 13.3. The Labute approximate surface area is 130 Å². The fourth-order valence-electron chi connectivity index (χ4n) is 1.79. The summed E-state index contributed by atoms with van der Waals surface area (Å²) in [7, 11) is 0. The molecule has 0 fully saturated rings. The van der Waals surface area contributed by atoms with Crippen molar-refractivity contribution in [3.63, 3.8) is 0 Å². The van der Waals surface area contributed by atoms with Gasteiger partial charge >= 0.3 is 0 Å². The van der Waals surface area contributed by atoms with Gasteiger partial charge in [0.05, 0.1) is 11.1 Å². The number of aliphatic hydroxyl groups is 1. The maximum Gasteiger partial charge on any atom is 0.142 e. The Balaban J connectivity index is 2.21. The van der Waals surface area contributed by atoms with E-state index in [4.69, 9.17) is 16.3 Å². The highest BCUT2D eigenvalue weighted by Gasteiger charge is 2.12. The van der Waals surface area contributed by atoms with Crippen LogP contribution >= 0.6 is 27.5 Å². The Kier molecular flexibility index (Phi) is 5.02. The largest absolute Gasteiger partial charge is 0.488 e. The van der Waals surface area contributed by atoms with E-state index in [2.05, 4.69) is 15.9 Å². The first kappa shape index (κ1) is 15.3. The van der Waals surface area contributed by atoms with Crippen molar-refractivity contribution in [3.8, 4) is 5.75 Å². The van der Waals surface area contributed by atoms with E-state index in [9.17, 15) is 9.50 Å². The molecule has 5 heteroatoms. The zero-order chi connectivity index (χ0) is 14.7. The highest BCUT2D eigenvalue weighted by Crippen LogP contribution is 2.30. The van der Waals surface area contributed by atoms with Gasteiger partial charge in [-0.05, 0) is 31.2 Å². The lowest BCUT2D eigenvalue weighted by Gasteiger charge is -2.14. The molecule has 0 aromatic heterocycles. The van der Waals surface area contributed by atoms with Crippen molar-refractivity contribution in [2.45, 2.75) is 19.6 Å². The lowest BCUT2D eigenvalue weighted by atomic mass is 10.1. The minimum atomic E-state index is -0.662. The van der Waals surface area contributed by atoms with Crippen LogP contribution in [0.3, 0.4) is 0 Å². The third kappa shape index (κ3) is 3.51. The van der Waals surface area contributed by atoms with Crippen molar-refractivity contribution in [1.29, 1.82) is 0 Å². The molecule has 0 aliphatic heterocycles. The van der Waals surface area contributed by atoms with Gasteiger partial charge in [-0.3, -0.25) is 0 Å². The van der Waals surface area contributed by atoms with Crippen molar-refractivity contribution in [2.75, 3.05) is 0 Å². The molecule has 0 spiro atoms. The van der Waals surface area contributed by atoms with Crippen LogP contribution in [0.25, 0.3) is 0 Å². The van der Waals surface area contributed by atoms with Crippen LogP contribution in [0.5, 0.6) is 5.75 Å². The molecular formula is C15H13BrClFO2. The lowest BCUT2D eigenvalue weighted by molar-refractivity contribution is 0.190. The predicted octanol–water partition coefficient (Wildman–Crippen LogP) is 4.87. The Morgan fingerprint density at radius 3 is 2.80 bits per heavy atom. The van der Waals surface area contributed by atoms with Crippen LogP contribution in [0.2, 0.25) is 5.02 Å². The Morgan fingerprint density at radius 2 is 2.10 bits per heavy atom. The van der Waals surface area contributed by atoms with Gasteiger partial charge in [0.15, 0.2) is 0 Å². The van der Waals surface area contributed by atoms with Crippen LogP contribution in [-0.2, 0) is 6.61 Å². The molecular weight excluding hydrogens is 347 g/mol. The third-order valence-electron chi connectivity index (χ3n) is 2.84. The lowest BCUT2D eigenvalue weighted by Crippen LogP contribution is -2.02. The summed E-state index contributed by atoms with van der Waals surface area (Å²) < 4.78 is 19.8. The Hall–Kier alpha value is -1.10. The second kappa shape index (κ2) is 6.57. The average Bonchev–Trinajstić information content (AvgIpc) is 2.41. The van der Waals surface area contributed by atoms with Crippen molar-refractivity contribution in [2.24, 2.45) is 0 Å². The molecule has 2 aromatic carbocycles. The molecule has 0 radical (unpaired) electrons. The highest BCUT2D eigenvalue weighted by atomic mass is 79.9. The van der Waals surface area contributed by atoms with Gasteiger partial charge in [-0.15, -0.1) is 0 Å². The molecule has 1 atom stereocenters. The Morgan fingerprint density at radius 1 is 1.35 bits per heavy atom. The van der Waals surface area contributed by atoms with E-state index < -0.39 is 11.9 Å². The molecule has 0 bridgehead atoms. The zero-order valence-electron chi connectivity index (χ0n) is 10.7. The van der Waals surface area contributed by atoms with E-state index in [0.717, 1.165) is 4.47 Å². The quantitative estimate of drug-likeness (QED) is 0.843. The molecule has 2 rings (SSSR count). The number of halogens is 3. The normalized spacial score (nSPS) is 12.2. The average molecular weight is 360 g/mol. The first-order valence-electron chi connectivity index (χ1n) is 6.02. The summed E-state index contributed by atoms with van der Waals surface area (Å²) in [6.07, 6.45) is -0.662. The fraction of sp³-hybridized carbons (Fsp3) is 0.200. The molecule has 0 amide bonds. The molecule has 0 saturated heterocycles. The molecule has 0 aliphatic rings. The first-order chi connectivity index (χ1) is 9.49. The summed E-state index contributed by atoms with van der Waals surface area (Å²) in [5.74, 6) is 0.0721. The van der Waals surface area contributed by atoms with E-state index in [1.165, 1.54) is 6.07 Å². The van der Waals surface area contributed by atoms with Crippen LogP contribution in [0, 0.1) is 5.82 Å². The van der Waals surface area contributed by atoms with Crippen LogP contribution in [0.15, 0.2) is 40.9 Å². The number of hydrogen-bond donors (Lipinski definition) is 1. The summed E-state index contributed by atoms with van der Waals surface area (Å²) in [5.41, 5.74) is 1.22. The van der Waals surface area contributed by atoms with Crippen LogP contribution < -0.4 is 4.74 Å². The molecule has 0 aliphatic carbocycles. The van der Waals surface area contributed by atoms with E-state index >= 15 is 0 Å². The topological polar surface area (TPSA) is 29.5 Å². The summed E-state index contributed by atoms with van der Waals surface area (Å²) >= 11 is 9.22. The van der Waals surface area contributed by atoms with Gasteiger partial charge in [-0.25, -0.2) is 4.39 Å². The monoisotopic (exact) mass is 358 g/mol. The fourth-order valence-corrected chi connectivity index (χ4v) is 2.35. The van der Waals surface area contributed by atoms with Crippen molar-refractivity contribution >= 4 is 27.5 Å². The number of hydrogen-bond acceptors (Lipinski definition) is 2. The van der Waals surface area contributed by atoms with Crippen molar-refractivity contribution in [1.82, 2.24) is 0 Å². The summed E-state index contributed by atoms with van der Waals surface area (Å²) in [6.45, 7) is 1.79. The van der Waals surface area contributed by atoms with Gasteiger partial charge in [0.1, 0.15) is 18.2 Å². The number of aliphatic hydroxyl groups excluding tert-OH is 1. The van der Waals surface area contributed by atoms with Gasteiger partial charge in [-0.2, -0.15) is 0 Å². The smallest absolute Gasteiger partial charge is 0.142 e. The second-order valence-corrected chi connectivity index (χ2v) is 5.65. The van der Waals surface area contributed by atoms with E-state index in [1.807, 2.05) is 6.07 Å². The van der Waals surface area contributed by atoms with E-state index in [1.54, 1.807) is 31.2 Å². The minimum Gasteiger partial charge on any atom is -0.488 e. The summed E-state index contributed by atoms with van der Waals surface area (Å²) in [6, 6.07) is 9.93. The molecule has 2 nitrogen and oxygen atoms in total. The van der Waals surface area contributed by atoms with E-state index in [0.29, 0.717) is 16.9 Å². The van der Waals surface area contributed by atoms with Gasteiger partial charge in [0.25, 0.3) is 0 Å². The number of benzene rings is 2. The molecule has 0 heterocycles. The standard InChI is InChI=1S/C15H13BrClFO2/c1-9(19)12-7-11(16)5-6-14(12)20-8-10-3-2-4-13(18)15(10)17/h2-7,9,19H,8H2,1H3. The van der Waals surface area contributed by atoms with Crippen molar-refractivity contribution in [3.05, 3.63) is 62.8 Å². The molecule has 1 N–H and O–H groups in total. The first-order valence-corrected chi connectivity index (χ1v) is 7.19. The minimum absolute atomic E-state index is 0.0585. The van der Waals surface area contributed by atoms with Crippen LogP contribution in [-0.4, -0.2) is 5.11 Å². The molecule has 0 saturated carbocycles. The summed E-state index contributed by atoms with van der Waals surface area (Å²) in [5, 5.41) is 9.80. The van der Waals surface area contributed by atoms with Gasteiger partial charge in [-0.1, -0.05) is 39.7 Å². The SMILES string of the molecule is CC(O)c1cc(Br)ccc1OCc1cccc(F)c1Cl. The number of rotatable bonds is 4. The van der Waals surface area contributed by atoms with Gasteiger partial charge in [0.2, 0.25) is 0 Å². The van der Waals surface area contributed by atoms with E-state index in [-0.39, 0.29) is 11.6 Å². The number of ether oxygens (including phenoxy) is 1. The maximum absolute atomic E-state index is 13.3. The van der Waals surface area contributed by atoms with Crippen molar-refractivity contribution < 1.29 is 14.2 Å². The predicted molar refractivity (Wildman–Crippen MR) is 80.5 cm³/mol. The third-order valence-corrected chi connectivity index (χ3v) is 3.75. The molecule has 106 valence electrons. The highest BCUT2D eigenvalue weighted by molar-refractivity contribution is 9.10. The molecule has 2 aromatic rings. The molecule has 1 unspecified atom stereocenters. The summed E-state index contributed by atoms with van der Waals surface area (Å²) in [4.78, 5) is 0. The second-order valence-electron chi connectivity index (χ2n) is 4.36. The Bertz CT molecular complexity index is 617.